The second kappa shape index (κ2) is 9.07. The number of unbranched alkanes of at least 4 members (excludes halogenated alkanes) is 1. The van der Waals surface area contributed by atoms with Crippen molar-refractivity contribution in [1.82, 2.24) is 9.13 Å². The number of aromatic nitrogens is 2. The zero-order chi connectivity index (χ0) is 21.8. The highest BCUT2D eigenvalue weighted by Crippen LogP contribution is 2.36. The maximum Gasteiger partial charge on any atom is 0.412 e. The normalized spacial score (nSPS) is 11.2. The summed E-state index contributed by atoms with van der Waals surface area (Å²) in [5.74, 6) is 0.857. The van der Waals surface area contributed by atoms with E-state index in [1.54, 1.807) is 6.07 Å². The Hall–Kier alpha value is -3.22. The Morgan fingerprint density at radius 3 is 2.50 bits per heavy atom. The van der Waals surface area contributed by atoms with Crippen molar-refractivity contribution in [3.63, 3.8) is 0 Å². The van der Waals surface area contributed by atoms with Crippen LogP contribution in [0.15, 0.2) is 47.5 Å². The highest BCUT2D eigenvalue weighted by atomic mass is 16.5. The summed E-state index contributed by atoms with van der Waals surface area (Å²) in [4.78, 5) is 26.3. The van der Waals surface area contributed by atoms with Gasteiger partial charge in [-0.15, -0.1) is 0 Å². The highest BCUT2D eigenvalue weighted by molar-refractivity contribution is 5.97. The summed E-state index contributed by atoms with van der Waals surface area (Å²) in [6, 6.07) is 9.41. The molecule has 0 spiro atoms. The van der Waals surface area contributed by atoms with E-state index in [0.717, 1.165) is 23.4 Å². The lowest BCUT2D eigenvalue weighted by Gasteiger charge is -2.25. The van der Waals surface area contributed by atoms with Crippen LogP contribution in [-0.4, -0.2) is 34.0 Å². The van der Waals surface area contributed by atoms with Crippen molar-refractivity contribution in [2.24, 2.45) is 5.92 Å². The smallest absolute Gasteiger partial charge is 0.412 e. The van der Waals surface area contributed by atoms with Crippen LogP contribution in [0.4, 0.5) is 10.6 Å². The third-order valence-corrected chi connectivity index (χ3v) is 4.98. The van der Waals surface area contributed by atoms with Crippen LogP contribution in [0.5, 0.6) is 5.75 Å². The van der Waals surface area contributed by atoms with Crippen LogP contribution < -0.4 is 15.2 Å². The van der Waals surface area contributed by atoms with Gasteiger partial charge in [0.2, 0.25) is 0 Å². The molecule has 30 heavy (non-hydrogen) atoms. The third-order valence-electron chi connectivity index (χ3n) is 4.98. The zero-order valence-corrected chi connectivity index (χ0v) is 18.0. The number of fused-ring (bicyclic) bond motifs is 1. The molecule has 0 unspecified atom stereocenters. The van der Waals surface area contributed by atoms with Gasteiger partial charge in [-0.25, -0.2) is 4.79 Å². The molecule has 0 aliphatic carbocycles. The summed E-state index contributed by atoms with van der Waals surface area (Å²) in [7, 11) is 1.45. The lowest BCUT2D eigenvalue weighted by atomic mass is 10.1. The van der Waals surface area contributed by atoms with E-state index in [4.69, 9.17) is 4.74 Å². The topological polar surface area (TPSA) is 76.7 Å². The fourth-order valence-electron chi connectivity index (χ4n) is 3.48. The minimum absolute atomic E-state index is 0.156. The first kappa shape index (κ1) is 21.5. The zero-order valence-electron chi connectivity index (χ0n) is 18.0. The van der Waals surface area contributed by atoms with E-state index >= 15 is 0 Å². The summed E-state index contributed by atoms with van der Waals surface area (Å²) >= 11 is 0. The predicted octanol–water partition coefficient (Wildman–Crippen LogP) is 4.74. The van der Waals surface area contributed by atoms with E-state index in [2.05, 4.69) is 6.92 Å². The molecule has 0 saturated heterocycles. The molecule has 3 aromatic rings. The Kier molecular flexibility index (Phi) is 6.50. The molecule has 0 saturated carbocycles. The maximum atomic E-state index is 13.4. The van der Waals surface area contributed by atoms with Gasteiger partial charge in [-0.1, -0.05) is 27.2 Å². The van der Waals surface area contributed by atoms with Gasteiger partial charge in [-0.05, 0) is 42.7 Å². The molecule has 0 atom stereocenters. The number of amides is 1. The number of pyridine rings is 1. The molecule has 2 heterocycles. The molecule has 7 heteroatoms. The summed E-state index contributed by atoms with van der Waals surface area (Å²) in [5, 5.41) is 10.8. The van der Waals surface area contributed by atoms with Gasteiger partial charge < -0.3 is 14.4 Å². The Bertz CT molecular complexity index is 1080. The molecule has 0 aliphatic rings. The minimum Gasteiger partial charge on any atom is -0.489 e. The van der Waals surface area contributed by atoms with E-state index < -0.39 is 6.09 Å². The van der Waals surface area contributed by atoms with Crippen molar-refractivity contribution in [3.8, 4) is 11.4 Å². The van der Waals surface area contributed by atoms with Gasteiger partial charge in [0.25, 0.3) is 5.56 Å². The van der Waals surface area contributed by atoms with Gasteiger partial charge in [0.1, 0.15) is 0 Å². The highest BCUT2D eigenvalue weighted by Gasteiger charge is 2.25. The van der Waals surface area contributed by atoms with E-state index in [1.807, 2.05) is 55.1 Å². The molecule has 0 radical (unpaired) electrons. The first-order chi connectivity index (χ1) is 14.3. The largest absolute Gasteiger partial charge is 0.489 e. The molecule has 7 nitrogen and oxygen atoms in total. The van der Waals surface area contributed by atoms with Crippen molar-refractivity contribution in [2.45, 2.75) is 40.2 Å². The summed E-state index contributed by atoms with van der Waals surface area (Å²) < 4.78 is 9.60. The quantitative estimate of drug-likeness (QED) is 0.543. The van der Waals surface area contributed by atoms with Crippen LogP contribution >= 0.6 is 0 Å². The molecule has 1 N–H and O–H groups in total. The predicted molar refractivity (Wildman–Crippen MR) is 119 cm³/mol. The number of carboxylic acid groups (broad SMARTS) is 1. The van der Waals surface area contributed by atoms with E-state index in [-0.39, 0.29) is 17.3 Å². The molecule has 160 valence electrons. The second-order valence-electron chi connectivity index (χ2n) is 7.83. The number of anilines is 1. The van der Waals surface area contributed by atoms with Crippen LogP contribution in [0, 0.1) is 5.92 Å². The number of benzene rings is 1. The van der Waals surface area contributed by atoms with Crippen LogP contribution in [0.3, 0.4) is 0 Å². The maximum absolute atomic E-state index is 13.4. The van der Waals surface area contributed by atoms with Crippen molar-refractivity contribution in [3.05, 3.63) is 53.1 Å². The van der Waals surface area contributed by atoms with E-state index in [0.29, 0.717) is 29.7 Å². The van der Waals surface area contributed by atoms with Crippen LogP contribution in [0.2, 0.25) is 0 Å². The molecule has 0 bridgehead atoms. The Morgan fingerprint density at radius 2 is 1.90 bits per heavy atom. The van der Waals surface area contributed by atoms with Gasteiger partial charge in [0, 0.05) is 37.1 Å². The number of ether oxygens (including phenoxy) is 1. The molecular weight excluding hydrogens is 382 g/mol. The second-order valence-corrected chi connectivity index (χ2v) is 7.83. The van der Waals surface area contributed by atoms with Crippen molar-refractivity contribution in [1.29, 1.82) is 0 Å². The molecular formula is C23H29N3O4. The van der Waals surface area contributed by atoms with Crippen molar-refractivity contribution < 1.29 is 14.6 Å². The fraction of sp³-hybridized carbons (Fsp3) is 0.391. The summed E-state index contributed by atoms with van der Waals surface area (Å²) in [6.45, 7) is 6.89. The minimum atomic E-state index is -1.15. The molecule has 0 fully saturated rings. The Labute approximate surface area is 176 Å². The molecule has 0 aliphatic heterocycles. The van der Waals surface area contributed by atoms with Crippen LogP contribution in [0.25, 0.3) is 16.5 Å². The monoisotopic (exact) mass is 411 g/mol. The number of rotatable bonds is 8. The van der Waals surface area contributed by atoms with Crippen LogP contribution in [0.1, 0.15) is 33.6 Å². The number of nitrogens with zero attached hydrogens (tertiary/aromatic N) is 3. The third kappa shape index (κ3) is 4.20. The Morgan fingerprint density at radius 1 is 1.20 bits per heavy atom. The molecule has 1 amide bonds. The van der Waals surface area contributed by atoms with Gasteiger partial charge in [0.05, 0.1) is 12.0 Å². The number of hydrogen-bond donors (Lipinski definition) is 1. The first-order valence-electron chi connectivity index (χ1n) is 10.3. The van der Waals surface area contributed by atoms with Gasteiger partial charge in [-0.2, -0.15) is 0 Å². The average molecular weight is 412 g/mol. The molecule has 1 aromatic carbocycles. The van der Waals surface area contributed by atoms with Crippen molar-refractivity contribution >= 4 is 22.7 Å². The summed E-state index contributed by atoms with van der Waals surface area (Å²) in [5.41, 5.74) is 0.654. The Balaban J connectivity index is 2.35. The van der Waals surface area contributed by atoms with Crippen molar-refractivity contribution in [2.75, 3.05) is 18.6 Å². The van der Waals surface area contributed by atoms with Gasteiger partial charge in [-0.3, -0.25) is 14.3 Å². The molecule has 2 aromatic heterocycles. The first-order valence-corrected chi connectivity index (χ1v) is 10.3. The SMILES string of the molecule is CCCCOc1c(N(C)C(=O)O)n(CC(C)C)c(=O)c2ccc(-n3cccc3)cc12. The average Bonchev–Trinajstić information content (AvgIpc) is 3.25. The van der Waals surface area contributed by atoms with E-state index in [9.17, 15) is 14.7 Å². The number of carbonyl (C=O) groups is 1. The lowest BCUT2D eigenvalue weighted by Crippen LogP contribution is -2.34. The van der Waals surface area contributed by atoms with E-state index in [1.165, 1.54) is 11.6 Å². The van der Waals surface area contributed by atoms with Gasteiger partial charge in [0.15, 0.2) is 11.6 Å². The van der Waals surface area contributed by atoms with Crippen LogP contribution in [-0.2, 0) is 6.54 Å². The number of hydrogen-bond acceptors (Lipinski definition) is 3. The fourth-order valence-corrected chi connectivity index (χ4v) is 3.48. The summed E-state index contributed by atoms with van der Waals surface area (Å²) in [6.07, 6.45) is 4.47. The molecule has 3 rings (SSSR count). The lowest BCUT2D eigenvalue weighted by molar-refractivity contribution is 0.202. The standard InChI is InChI=1S/C23H29N3O4/c1-5-6-13-30-20-19-14-17(25-11-7-8-12-25)9-10-18(19)22(27)26(15-16(2)3)21(20)24(4)23(28)29/h7-12,14,16H,5-6,13,15H2,1-4H3,(H,28,29). The van der Waals surface area contributed by atoms with Gasteiger partial charge >= 0.3 is 6.09 Å².